The second-order valence-electron chi connectivity index (χ2n) is 5.15. The van der Waals surface area contributed by atoms with Crippen LogP contribution in [0.3, 0.4) is 0 Å². The molecule has 118 valence electrons. The molecule has 0 saturated carbocycles. The zero-order valence-electron chi connectivity index (χ0n) is 13.0. The summed E-state index contributed by atoms with van der Waals surface area (Å²) >= 11 is 0. The molecular formula is C17H23N3O2. The van der Waals surface area contributed by atoms with E-state index in [1.54, 1.807) is 10.9 Å². The fourth-order valence-electron chi connectivity index (χ4n) is 2.02. The van der Waals surface area contributed by atoms with E-state index in [0.717, 1.165) is 30.8 Å². The maximum Gasteiger partial charge on any atom is 0.222 e. The summed E-state index contributed by atoms with van der Waals surface area (Å²) in [5, 5.41) is 6.99. The smallest absolute Gasteiger partial charge is 0.222 e. The van der Waals surface area contributed by atoms with Crippen LogP contribution in [0.2, 0.25) is 0 Å². The van der Waals surface area contributed by atoms with Gasteiger partial charge in [-0.15, -0.1) is 0 Å². The lowest BCUT2D eigenvalue weighted by molar-refractivity contribution is -0.121. The first-order valence-electron chi connectivity index (χ1n) is 7.74. The second kappa shape index (κ2) is 8.87. The normalized spacial score (nSPS) is 10.4. The van der Waals surface area contributed by atoms with E-state index in [4.69, 9.17) is 4.74 Å². The van der Waals surface area contributed by atoms with Gasteiger partial charge in [-0.05, 0) is 30.2 Å². The molecule has 22 heavy (non-hydrogen) atoms. The van der Waals surface area contributed by atoms with Gasteiger partial charge in [-0.2, -0.15) is 5.10 Å². The van der Waals surface area contributed by atoms with E-state index >= 15 is 0 Å². The van der Waals surface area contributed by atoms with Crippen LogP contribution in [0.1, 0.15) is 31.7 Å². The molecule has 1 aromatic heterocycles. The van der Waals surface area contributed by atoms with Gasteiger partial charge >= 0.3 is 0 Å². The minimum absolute atomic E-state index is 0.0211. The van der Waals surface area contributed by atoms with Crippen molar-refractivity contribution in [3.63, 3.8) is 0 Å². The zero-order valence-corrected chi connectivity index (χ0v) is 13.0. The van der Waals surface area contributed by atoms with Crippen LogP contribution in [-0.2, 0) is 17.9 Å². The number of amides is 1. The Balaban J connectivity index is 1.73. The van der Waals surface area contributed by atoms with Crippen molar-refractivity contribution in [1.82, 2.24) is 15.1 Å². The number of nitrogens with zero attached hydrogens (tertiary/aromatic N) is 2. The Morgan fingerprint density at radius 1 is 1.36 bits per heavy atom. The number of aryl methyl sites for hydroxylation is 1. The predicted molar refractivity (Wildman–Crippen MR) is 85.5 cm³/mol. The Kier molecular flexibility index (Phi) is 6.48. The molecule has 0 bridgehead atoms. The van der Waals surface area contributed by atoms with Gasteiger partial charge in [0.1, 0.15) is 5.75 Å². The highest BCUT2D eigenvalue weighted by Gasteiger charge is 2.03. The van der Waals surface area contributed by atoms with Crippen LogP contribution in [0.15, 0.2) is 42.7 Å². The lowest BCUT2D eigenvalue weighted by Crippen LogP contribution is -2.24. The van der Waals surface area contributed by atoms with Crippen LogP contribution in [0.25, 0.3) is 0 Å². The summed E-state index contributed by atoms with van der Waals surface area (Å²) in [7, 11) is 0. The number of carbonyl (C=O) groups excluding carboxylic acids is 1. The highest BCUT2D eigenvalue weighted by Crippen LogP contribution is 2.13. The highest BCUT2D eigenvalue weighted by molar-refractivity contribution is 5.75. The SMILES string of the molecule is CCCCOc1cccc(CNC(=O)CCn2cccn2)c1. The summed E-state index contributed by atoms with van der Waals surface area (Å²) in [6.45, 7) is 3.98. The third-order valence-corrected chi connectivity index (χ3v) is 3.28. The maximum atomic E-state index is 11.8. The molecule has 0 unspecified atom stereocenters. The van der Waals surface area contributed by atoms with Crippen LogP contribution >= 0.6 is 0 Å². The van der Waals surface area contributed by atoms with Gasteiger partial charge in [-0.3, -0.25) is 9.48 Å². The number of hydrogen-bond donors (Lipinski definition) is 1. The summed E-state index contributed by atoms with van der Waals surface area (Å²) in [5.74, 6) is 0.879. The predicted octanol–water partition coefficient (Wildman–Crippen LogP) is 2.77. The molecule has 0 spiro atoms. The van der Waals surface area contributed by atoms with Crippen molar-refractivity contribution in [3.8, 4) is 5.75 Å². The first-order chi connectivity index (χ1) is 10.8. The molecule has 1 N–H and O–H groups in total. The molecule has 0 atom stereocenters. The van der Waals surface area contributed by atoms with E-state index in [1.165, 1.54) is 0 Å². The number of carbonyl (C=O) groups is 1. The largest absolute Gasteiger partial charge is 0.494 e. The van der Waals surface area contributed by atoms with E-state index in [9.17, 15) is 4.79 Å². The van der Waals surface area contributed by atoms with Crippen LogP contribution in [-0.4, -0.2) is 22.3 Å². The lowest BCUT2D eigenvalue weighted by atomic mass is 10.2. The van der Waals surface area contributed by atoms with Gasteiger partial charge in [-0.1, -0.05) is 25.5 Å². The summed E-state index contributed by atoms with van der Waals surface area (Å²) in [5.41, 5.74) is 1.04. The van der Waals surface area contributed by atoms with Crippen molar-refractivity contribution >= 4 is 5.91 Å². The van der Waals surface area contributed by atoms with Crippen LogP contribution in [0.5, 0.6) is 5.75 Å². The maximum absolute atomic E-state index is 11.8. The molecule has 0 radical (unpaired) electrons. The molecule has 5 nitrogen and oxygen atoms in total. The van der Waals surface area contributed by atoms with Crippen LogP contribution in [0.4, 0.5) is 0 Å². The Morgan fingerprint density at radius 3 is 3.05 bits per heavy atom. The standard InChI is InChI=1S/C17H23N3O2/c1-2-3-12-22-16-7-4-6-15(13-16)14-18-17(21)8-11-20-10-5-9-19-20/h4-7,9-10,13H,2-3,8,11-12,14H2,1H3,(H,18,21). The first-order valence-corrected chi connectivity index (χ1v) is 7.74. The van der Waals surface area contributed by atoms with Gasteiger partial charge in [0.2, 0.25) is 5.91 Å². The van der Waals surface area contributed by atoms with Gasteiger partial charge in [0.25, 0.3) is 0 Å². The molecular weight excluding hydrogens is 278 g/mol. The van der Waals surface area contributed by atoms with Crippen LogP contribution < -0.4 is 10.1 Å². The fraction of sp³-hybridized carbons (Fsp3) is 0.412. The lowest BCUT2D eigenvalue weighted by Gasteiger charge is -2.09. The Morgan fingerprint density at radius 2 is 2.27 bits per heavy atom. The number of benzene rings is 1. The average molecular weight is 301 g/mol. The molecule has 1 aromatic carbocycles. The molecule has 0 fully saturated rings. The number of aromatic nitrogens is 2. The zero-order chi connectivity index (χ0) is 15.6. The second-order valence-corrected chi connectivity index (χ2v) is 5.15. The van der Waals surface area contributed by atoms with Gasteiger partial charge < -0.3 is 10.1 Å². The van der Waals surface area contributed by atoms with Crippen molar-refractivity contribution in [2.24, 2.45) is 0 Å². The van der Waals surface area contributed by atoms with Crippen molar-refractivity contribution in [2.75, 3.05) is 6.61 Å². The summed E-state index contributed by atoms with van der Waals surface area (Å²) in [6.07, 6.45) is 6.15. The van der Waals surface area contributed by atoms with E-state index in [0.29, 0.717) is 19.5 Å². The topological polar surface area (TPSA) is 56.1 Å². The van der Waals surface area contributed by atoms with E-state index < -0.39 is 0 Å². The number of nitrogens with one attached hydrogen (secondary N) is 1. The number of rotatable bonds is 9. The van der Waals surface area contributed by atoms with Gasteiger partial charge in [-0.25, -0.2) is 0 Å². The van der Waals surface area contributed by atoms with Gasteiger partial charge in [0, 0.05) is 31.9 Å². The third kappa shape index (κ3) is 5.60. The average Bonchev–Trinajstić information content (AvgIpc) is 3.05. The van der Waals surface area contributed by atoms with Gasteiger partial charge in [0.05, 0.1) is 6.61 Å². The Hall–Kier alpha value is -2.30. The van der Waals surface area contributed by atoms with E-state index in [2.05, 4.69) is 17.3 Å². The molecule has 0 aliphatic carbocycles. The Labute approximate surface area is 131 Å². The molecule has 0 aliphatic heterocycles. The molecule has 1 amide bonds. The summed E-state index contributed by atoms with van der Waals surface area (Å²) < 4.78 is 7.42. The van der Waals surface area contributed by atoms with Crippen molar-refractivity contribution in [3.05, 3.63) is 48.3 Å². The third-order valence-electron chi connectivity index (χ3n) is 3.28. The van der Waals surface area contributed by atoms with Crippen molar-refractivity contribution in [1.29, 1.82) is 0 Å². The molecule has 1 heterocycles. The number of hydrogen-bond acceptors (Lipinski definition) is 3. The Bertz CT molecular complexity index is 567. The quantitative estimate of drug-likeness (QED) is 0.725. The molecule has 2 aromatic rings. The summed E-state index contributed by atoms with van der Waals surface area (Å²) in [6, 6.07) is 9.71. The molecule has 2 rings (SSSR count). The van der Waals surface area contributed by atoms with Gasteiger partial charge in [0.15, 0.2) is 0 Å². The van der Waals surface area contributed by atoms with Crippen LogP contribution in [0, 0.1) is 0 Å². The highest BCUT2D eigenvalue weighted by atomic mass is 16.5. The molecule has 0 saturated heterocycles. The number of ether oxygens (including phenoxy) is 1. The first kappa shape index (κ1) is 16.1. The number of unbranched alkanes of at least 4 members (excludes halogenated alkanes) is 1. The molecule has 0 aliphatic rings. The minimum atomic E-state index is 0.0211. The minimum Gasteiger partial charge on any atom is -0.494 e. The van der Waals surface area contributed by atoms with Crippen molar-refractivity contribution in [2.45, 2.75) is 39.3 Å². The van der Waals surface area contributed by atoms with E-state index in [1.807, 2.05) is 36.5 Å². The molecule has 5 heteroatoms. The van der Waals surface area contributed by atoms with E-state index in [-0.39, 0.29) is 5.91 Å². The monoisotopic (exact) mass is 301 g/mol. The summed E-state index contributed by atoms with van der Waals surface area (Å²) in [4.78, 5) is 11.8. The fourth-order valence-corrected chi connectivity index (χ4v) is 2.02. The van der Waals surface area contributed by atoms with Crippen molar-refractivity contribution < 1.29 is 9.53 Å².